The number of anilines is 1. The Morgan fingerprint density at radius 1 is 1.39 bits per heavy atom. The summed E-state index contributed by atoms with van der Waals surface area (Å²) in [6.07, 6.45) is 3.63. The monoisotopic (exact) mass is 422 g/mol. The van der Waals surface area contributed by atoms with Gasteiger partial charge in [-0.05, 0) is 39.8 Å². The zero-order valence-electron chi connectivity index (χ0n) is 17.3. The van der Waals surface area contributed by atoms with Gasteiger partial charge < -0.3 is 14.6 Å². The molecule has 2 aromatic rings. The summed E-state index contributed by atoms with van der Waals surface area (Å²) >= 11 is 3.04. The van der Waals surface area contributed by atoms with E-state index < -0.39 is 0 Å². The molecule has 1 aliphatic rings. The van der Waals surface area contributed by atoms with E-state index in [0.717, 1.165) is 36.7 Å². The van der Waals surface area contributed by atoms with Crippen LogP contribution in [0.5, 0.6) is 0 Å². The number of nitrogens with one attached hydrogen (secondary N) is 1. The van der Waals surface area contributed by atoms with Crippen LogP contribution in [-0.4, -0.2) is 39.9 Å². The standard InChI is InChI=1S/C20H30N4O2S2/c1-13(2)24-8-6-14(7-9-24)18(25)23-19-22-17(12-28-19)27-11-16-21-10-15(26-16)20(3,4)5/h10,12-14H,6-9,11H2,1-5H3,(H,22,23,25). The molecule has 0 saturated carbocycles. The quantitative estimate of drug-likeness (QED) is 0.676. The molecule has 0 radical (unpaired) electrons. The summed E-state index contributed by atoms with van der Waals surface area (Å²) in [4.78, 5) is 23.8. The molecular formula is C20H30N4O2S2. The minimum atomic E-state index is -0.0423. The van der Waals surface area contributed by atoms with E-state index in [9.17, 15) is 4.79 Å². The number of thiazole rings is 1. The lowest BCUT2D eigenvalue weighted by Crippen LogP contribution is -2.41. The molecule has 8 heteroatoms. The van der Waals surface area contributed by atoms with Crippen LogP contribution in [0.3, 0.4) is 0 Å². The summed E-state index contributed by atoms with van der Waals surface area (Å²) in [5.74, 6) is 2.39. The fourth-order valence-electron chi connectivity index (χ4n) is 3.13. The van der Waals surface area contributed by atoms with Crippen molar-refractivity contribution in [1.29, 1.82) is 0 Å². The Balaban J connectivity index is 1.48. The predicted octanol–water partition coefficient (Wildman–Crippen LogP) is 4.78. The second kappa shape index (κ2) is 8.97. The molecule has 0 unspecified atom stereocenters. The largest absolute Gasteiger partial charge is 0.444 e. The lowest BCUT2D eigenvalue weighted by atomic mass is 9.94. The summed E-state index contributed by atoms with van der Waals surface area (Å²) in [6.45, 7) is 12.7. The van der Waals surface area contributed by atoms with Crippen molar-refractivity contribution in [3.63, 3.8) is 0 Å². The third kappa shape index (κ3) is 5.58. The number of oxazole rings is 1. The number of amides is 1. The van der Waals surface area contributed by atoms with Gasteiger partial charge in [-0.2, -0.15) is 0 Å². The molecular weight excluding hydrogens is 392 g/mol. The first-order chi connectivity index (χ1) is 13.2. The Bertz CT molecular complexity index is 786. The van der Waals surface area contributed by atoms with Gasteiger partial charge in [0.25, 0.3) is 0 Å². The molecule has 1 saturated heterocycles. The number of likely N-dealkylation sites (tertiary alicyclic amines) is 1. The van der Waals surface area contributed by atoms with Gasteiger partial charge in [-0.15, -0.1) is 11.3 Å². The van der Waals surface area contributed by atoms with E-state index >= 15 is 0 Å². The van der Waals surface area contributed by atoms with E-state index in [2.05, 4.69) is 54.8 Å². The van der Waals surface area contributed by atoms with E-state index in [4.69, 9.17) is 4.42 Å². The zero-order valence-corrected chi connectivity index (χ0v) is 19.0. The van der Waals surface area contributed by atoms with Crippen molar-refractivity contribution in [3.05, 3.63) is 23.2 Å². The molecule has 2 aromatic heterocycles. The van der Waals surface area contributed by atoms with E-state index in [-0.39, 0.29) is 17.2 Å². The van der Waals surface area contributed by atoms with Gasteiger partial charge in [0.1, 0.15) is 10.8 Å². The fourth-order valence-corrected chi connectivity index (χ4v) is 4.74. The van der Waals surface area contributed by atoms with Crippen molar-refractivity contribution in [1.82, 2.24) is 14.9 Å². The number of aromatic nitrogens is 2. The highest BCUT2D eigenvalue weighted by molar-refractivity contribution is 7.98. The molecule has 0 atom stereocenters. The van der Waals surface area contributed by atoms with Gasteiger partial charge in [-0.3, -0.25) is 4.79 Å². The first-order valence-electron chi connectivity index (χ1n) is 9.81. The Hall–Kier alpha value is -1.38. The molecule has 3 rings (SSSR count). The summed E-state index contributed by atoms with van der Waals surface area (Å²) in [7, 11) is 0. The number of nitrogens with zero attached hydrogens (tertiary/aromatic N) is 3. The van der Waals surface area contributed by atoms with Gasteiger partial charge in [0, 0.05) is 22.8 Å². The zero-order chi connectivity index (χ0) is 20.3. The van der Waals surface area contributed by atoms with Crippen molar-refractivity contribution in [3.8, 4) is 0 Å². The fraction of sp³-hybridized carbons (Fsp3) is 0.650. The molecule has 1 aliphatic heterocycles. The van der Waals surface area contributed by atoms with Crippen LogP contribution in [0.15, 0.2) is 21.0 Å². The highest BCUT2D eigenvalue weighted by Gasteiger charge is 2.26. The van der Waals surface area contributed by atoms with Crippen molar-refractivity contribution < 1.29 is 9.21 Å². The topological polar surface area (TPSA) is 71.3 Å². The Morgan fingerprint density at radius 3 is 2.71 bits per heavy atom. The van der Waals surface area contributed by atoms with Gasteiger partial charge in [-0.1, -0.05) is 32.5 Å². The maximum Gasteiger partial charge on any atom is 0.229 e. The average Bonchev–Trinajstić information content (AvgIpc) is 3.29. The number of rotatable bonds is 6. The molecule has 0 aliphatic carbocycles. The molecule has 28 heavy (non-hydrogen) atoms. The van der Waals surface area contributed by atoms with Crippen molar-refractivity contribution in [2.45, 2.75) is 69.7 Å². The van der Waals surface area contributed by atoms with Crippen molar-refractivity contribution in [2.75, 3.05) is 18.4 Å². The van der Waals surface area contributed by atoms with Gasteiger partial charge in [-0.25, -0.2) is 9.97 Å². The van der Waals surface area contributed by atoms with Crippen molar-refractivity contribution in [2.24, 2.45) is 5.92 Å². The van der Waals surface area contributed by atoms with E-state index in [1.807, 2.05) is 5.38 Å². The van der Waals surface area contributed by atoms with Gasteiger partial charge in [0.2, 0.25) is 11.8 Å². The van der Waals surface area contributed by atoms with Crippen LogP contribution in [0.1, 0.15) is 59.1 Å². The van der Waals surface area contributed by atoms with Gasteiger partial charge in [0.05, 0.1) is 11.9 Å². The minimum Gasteiger partial charge on any atom is -0.444 e. The number of carbonyl (C=O) groups excluding carboxylic acids is 1. The molecule has 0 spiro atoms. The molecule has 3 heterocycles. The highest BCUT2D eigenvalue weighted by atomic mass is 32.2. The first kappa shape index (κ1) is 21.3. The van der Waals surface area contributed by atoms with Crippen LogP contribution in [0, 0.1) is 5.92 Å². The molecule has 0 bridgehead atoms. The maximum absolute atomic E-state index is 12.5. The van der Waals surface area contributed by atoms with E-state index in [1.54, 1.807) is 18.0 Å². The summed E-state index contributed by atoms with van der Waals surface area (Å²) in [6, 6.07) is 0.547. The predicted molar refractivity (Wildman–Crippen MR) is 115 cm³/mol. The Labute approximate surface area is 175 Å². The summed E-state index contributed by atoms with van der Waals surface area (Å²) in [5, 5.41) is 6.51. The maximum atomic E-state index is 12.5. The Morgan fingerprint density at radius 2 is 2.11 bits per heavy atom. The summed E-state index contributed by atoms with van der Waals surface area (Å²) in [5.41, 5.74) is -0.0423. The molecule has 1 amide bonds. The Kier molecular flexibility index (Phi) is 6.83. The average molecular weight is 423 g/mol. The van der Waals surface area contributed by atoms with Crippen LogP contribution in [0.2, 0.25) is 0 Å². The minimum absolute atomic E-state index is 0.0423. The van der Waals surface area contributed by atoms with Crippen LogP contribution in [0.4, 0.5) is 5.13 Å². The third-order valence-corrected chi connectivity index (χ3v) is 6.78. The number of hydrogen-bond donors (Lipinski definition) is 1. The van der Waals surface area contributed by atoms with Gasteiger partial charge >= 0.3 is 0 Å². The van der Waals surface area contributed by atoms with E-state index in [0.29, 0.717) is 22.8 Å². The second-order valence-electron chi connectivity index (χ2n) is 8.54. The number of piperidine rings is 1. The molecule has 0 aromatic carbocycles. The second-order valence-corrected chi connectivity index (χ2v) is 10.4. The molecule has 154 valence electrons. The normalized spacial score (nSPS) is 16.6. The lowest BCUT2D eigenvalue weighted by Gasteiger charge is -2.33. The summed E-state index contributed by atoms with van der Waals surface area (Å²) < 4.78 is 5.82. The van der Waals surface area contributed by atoms with Crippen LogP contribution in [0.25, 0.3) is 0 Å². The molecule has 1 fully saturated rings. The molecule has 6 nitrogen and oxygen atoms in total. The SMILES string of the molecule is CC(C)N1CCC(C(=O)Nc2nc(SCc3ncc(C(C)(C)C)o3)cs2)CC1. The first-order valence-corrected chi connectivity index (χ1v) is 11.7. The smallest absolute Gasteiger partial charge is 0.229 e. The van der Waals surface area contributed by atoms with Crippen LogP contribution >= 0.6 is 23.1 Å². The van der Waals surface area contributed by atoms with Gasteiger partial charge in [0.15, 0.2) is 5.13 Å². The number of thioether (sulfide) groups is 1. The number of carbonyl (C=O) groups is 1. The van der Waals surface area contributed by atoms with Crippen LogP contribution in [-0.2, 0) is 16.0 Å². The molecule has 1 N–H and O–H groups in total. The van der Waals surface area contributed by atoms with Crippen molar-refractivity contribution >= 4 is 34.1 Å². The highest BCUT2D eigenvalue weighted by Crippen LogP contribution is 2.29. The number of hydrogen-bond acceptors (Lipinski definition) is 7. The lowest BCUT2D eigenvalue weighted by molar-refractivity contribution is -0.121. The van der Waals surface area contributed by atoms with Crippen LogP contribution < -0.4 is 5.32 Å². The third-order valence-electron chi connectivity index (χ3n) is 4.98. The van der Waals surface area contributed by atoms with E-state index in [1.165, 1.54) is 11.3 Å².